The molecule has 114 valence electrons. The lowest BCUT2D eigenvalue weighted by atomic mass is 10.0. The average molecular weight is 313 g/mol. The van der Waals surface area contributed by atoms with Crippen LogP contribution in [0.15, 0.2) is 30.3 Å². The number of hydrogen-bond acceptors (Lipinski definition) is 2. The molecule has 1 nitrogen and oxygen atoms in total. The Morgan fingerprint density at radius 2 is 1.76 bits per heavy atom. The van der Waals surface area contributed by atoms with Gasteiger partial charge in [-0.3, -0.25) is 0 Å². The summed E-state index contributed by atoms with van der Waals surface area (Å²) < 4.78 is 38.9. The zero-order chi connectivity index (χ0) is 15.8. The van der Waals surface area contributed by atoms with Crippen molar-refractivity contribution in [3.63, 3.8) is 0 Å². The van der Waals surface area contributed by atoms with E-state index in [-0.39, 0.29) is 11.6 Å². The van der Waals surface area contributed by atoms with E-state index in [1.165, 1.54) is 30.4 Å². The number of nitrogens with two attached hydrogens (primary N) is 1. The summed E-state index contributed by atoms with van der Waals surface area (Å²) in [7, 11) is 0. The number of rotatable bonds is 3. The van der Waals surface area contributed by atoms with Gasteiger partial charge < -0.3 is 5.73 Å². The molecule has 2 aromatic rings. The minimum Gasteiger partial charge on any atom is -0.323 e. The highest BCUT2D eigenvalue weighted by Gasteiger charge is 2.32. The number of aryl methyl sites for hydroxylation is 1. The Morgan fingerprint density at radius 1 is 1.10 bits per heavy atom. The standard InChI is InChI=1S/C16H18F3NS/c1-9(2)15(20)14-7-6-13(21-14)11-5-4-10(3)12(8-11)16(17,18)19/h4-9,15H,20H2,1-3H3. The molecule has 0 amide bonds. The van der Waals surface area contributed by atoms with E-state index < -0.39 is 11.7 Å². The maximum atomic E-state index is 13.0. The molecule has 21 heavy (non-hydrogen) atoms. The van der Waals surface area contributed by atoms with Crippen LogP contribution in [0.2, 0.25) is 0 Å². The molecule has 0 aliphatic heterocycles. The highest BCUT2D eigenvalue weighted by Crippen LogP contribution is 2.37. The van der Waals surface area contributed by atoms with Gasteiger partial charge in [-0.05, 0) is 42.2 Å². The van der Waals surface area contributed by atoms with Gasteiger partial charge in [0.1, 0.15) is 0 Å². The van der Waals surface area contributed by atoms with Gasteiger partial charge in [-0.15, -0.1) is 11.3 Å². The fraction of sp³-hybridized carbons (Fsp3) is 0.375. The molecule has 2 N–H and O–H groups in total. The van der Waals surface area contributed by atoms with Crippen molar-refractivity contribution in [3.8, 4) is 10.4 Å². The first-order valence-electron chi connectivity index (χ1n) is 6.73. The first-order valence-corrected chi connectivity index (χ1v) is 7.55. The molecule has 0 bridgehead atoms. The summed E-state index contributed by atoms with van der Waals surface area (Å²) in [5, 5.41) is 0. The van der Waals surface area contributed by atoms with Gasteiger partial charge in [0.25, 0.3) is 0 Å². The molecule has 0 aliphatic rings. The molecule has 0 saturated heterocycles. The van der Waals surface area contributed by atoms with E-state index in [1.54, 1.807) is 6.07 Å². The fourth-order valence-corrected chi connectivity index (χ4v) is 3.28. The Balaban J connectivity index is 2.40. The summed E-state index contributed by atoms with van der Waals surface area (Å²) in [5.74, 6) is 0.292. The van der Waals surface area contributed by atoms with Gasteiger partial charge in [-0.1, -0.05) is 26.0 Å². The molecular weight excluding hydrogens is 295 g/mol. The third-order valence-electron chi connectivity index (χ3n) is 3.50. The first kappa shape index (κ1) is 16.0. The molecule has 1 aromatic heterocycles. The predicted octanol–water partition coefficient (Wildman–Crippen LogP) is 5.40. The summed E-state index contributed by atoms with van der Waals surface area (Å²) in [5.41, 5.74) is 6.32. The Bertz CT molecular complexity index is 629. The number of halogens is 3. The molecule has 0 radical (unpaired) electrons. The topological polar surface area (TPSA) is 26.0 Å². The van der Waals surface area contributed by atoms with Crippen LogP contribution >= 0.6 is 11.3 Å². The molecule has 1 aromatic carbocycles. The third-order valence-corrected chi connectivity index (χ3v) is 4.74. The van der Waals surface area contributed by atoms with Crippen LogP contribution in [0, 0.1) is 12.8 Å². The van der Waals surface area contributed by atoms with Crippen molar-refractivity contribution in [1.29, 1.82) is 0 Å². The molecule has 2 rings (SSSR count). The lowest BCUT2D eigenvalue weighted by Crippen LogP contribution is -2.14. The van der Waals surface area contributed by atoms with Gasteiger partial charge in [0.05, 0.1) is 5.56 Å². The van der Waals surface area contributed by atoms with E-state index in [0.29, 0.717) is 11.5 Å². The average Bonchev–Trinajstić information content (AvgIpc) is 2.86. The van der Waals surface area contributed by atoms with Crippen LogP contribution in [-0.4, -0.2) is 0 Å². The van der Waals surface area contributed by atoms with E-state index in [4.69, 9.17) is 5.73 Å². The number of alkyl halides is 3. The third kappa shape index (κ3) is 3.47. The van der Waals surface area contributed by atoms with Gasteiger partial charge >= 0.3 is 6.18 Å². The van der Waals surface area contributed by atoms with Crippen molar-refractivity contribution in [1.82, 2.24) is 0 Å². The van der Waals surface area contributed by atoms with E-state index in [2.05, 4.69) is 0 Å². The quantitative estimate of drug-likeness (QED) is 0.807. The Morgan fingerprint density at radius 3 is 2.33 bits per heavy atom. The minimum atomic E-state index is -4.32. The highest BCUT2D eigenvalue weighted by molar-refractivity contribution is 7.15. The number of hydrogen-bond donors (Lipinski definition) is 1. The van der Waals surface area contributed by atoms with Crippen LogP contribution < -0.4 is 5.73 Å². The minimum absolute atomic E-state index is 0.0868. The SMILES string of the molecule is Cc1ccc(-c2ccc(C(N)C(C)C)s2)cc1C(F)(F)F. The van der Waals surface area contributed by atoms with E-state index >= 15 is 0 Å². The van der Waals surface area contributed by atoms with Gasteiger partial charge in [0, 0.05) is 15.8 Å². The van der Waals surface area contributed by atoms with E-state index in [0.717, 1.165) is 9.75 Å². The zero-order valence-corrected chi connectivity index (χ0v) is 13.0. The molecule has 1 heterocycles. The second-order valence-electron chi connectivity index (χ2n) is 5.50. The molecule has 0 aliphatic carbocycles. The van der Waals surface area contributed by atoms with Gasteiger partial charge in [-0.2, -0.15) is 13.2 Å². The van der Waals surface area contributed by atoms with Crippen LogP contribution in [-0.2, 0) is 6.18 Å². The van der Waals surface area contributed by atoms with Crippen molar-refractivity contribution in [2.24, 2.45) is 11.7 Å². The fourth-order valence-electron chi connectivity index (χ4n) is 2.10. The maximum Gasteiger partial charge on any atom is 0.416 e. The monoisotopic (exact) mass is 313 g/mol. The van der Waals surface area contributed by atoms with Crippen molar-refractivity contribution >= 4 is 11.3 Å². The first-order chi connectivity index (χ1) is 9.70. The van der Waals surface area contributed by atoms with Gasteiger partial charge in [0.15, 0.2) is 0 Å². The van der Waals surface area contributed by atoms with E-state index in [1.807, 2.05) is 26.0 Å². The molecule has 1 unspecified atom stereocenters. The highest BCUT2D eigenvalue weighted by atomic mass is 32.1. The summed E-state index contributed by atoms with van der Waals surface area (Å²) in [6.07, 6.45) is -4.32. The van der Waals surface area contributed by atoms with Crippen molar-refractivity contribution in [3.05, 3.63) is 46.3 Å². The maximum absolute atomic E-state index is 13.0. The van der Waals surface area contributed by atoms with Gasteiger partial charge in [-0.25, -0.2) is 0 Å². The summed E-state index contributed by atoms with van der Waals surface area (Å²) in [6.45, 7) is 5.52. The Kier molecular flexibility index (Phi) is 4.44. The molecule has 5 heteroatoms. The summed E-state index contributed by atoms with van der Waals surface area (Å²) in [4.78, 5) is 1.81. The number of thiophene rings is 1. The summed E-state index contributed by atoms with van der Waals surface area (Å²) >= 11 is 1.46. The predicted molar refractivity (Wildman–Crippen MR) is 81.3 cm³/mol. The Labute approximate surface area is 126 Å². The van der Waals surface area contributed by atoms with E-state index in [9.17, 15) is 13.2 Å². The smallest absolute Gasteiger partial charge is 0.323 e. The van der Waals surface area contributed by atoms with Crippen LogP contribution in [0.4, 0.5) is 13.2 Å². The summed E-state index contributed by atoms with van der Waals surface area (Å²) in [6, 6.07) is 8.11. The normalized spacial score (nSPS) is 13.7. The zero-order valence-electron chi connectivity index (χ0n) is 12.2. The Hall–Kier alpha value is -1.33. The molecule has 0 spiro atoms. The lowest BCUT2D eigenvalue weighted by molar-refractivity contribution is -0.138. The second kappa shape index (κ2) is 5.81. The van der Waals surface area contributed by atoms with Crippen molar-refractivity contribution < 1.29 is 13.2 Å². The molecule has 1 atom stereocenters. The molecular formula is C16H18F3NS. The largest absolute Gasteiger partial charge is 0.416 e. The van der Waals surface area contributed by atoms with Crippen LogP contribution in [0.25, 0.3) is 10.4 Å². The van der Waals surface area contributed by atoms with Crippen molar-refractivity contribution in [2.45, 2.75) is 33.0 Å². The number of benzene rings is 1. The van der Waals surface area contributed by atoms with Crippen molar-refractivity contribution in [2.75, 3.05) is 0 Å². The van der Waals surface area contributed by atoms with Crippen LogP contribution in [0.3, 0.4) is 0 Å². The van der Waals surface area contributed by atoms with Crippen LogP contribution in [0.1, 0.15) is 35.9 Å². The lowest BCUT2D eigenvalue weighted by Gasteiger charge is -2.13. The molecule has 0 fully saturated rings. The van der Waals surface area contributed by atoms with Crippen LogP contribution in [0.5, 0.6) is 0 Å². The molecule has 0 saturated carbocycles. The van der Waals surface area contributed by atoms with Gasteiger partial charge in [0.2, 0.25) is 0 Å². The second-order valence-corrected chi connectivity index (χ2v) is 6.61.